The molecule has 0 aromatic heterocycles. The first-order valence-electron chi connectivity index (χ1n) is 7.92. The lowest BCUT2D eigenvalue weighted by atomic mass is 10.00. The number of nitrogens with one attached hydrogen (secondary N) is 1. The van der Waals surface area contributed by atoms with Crippen LogP contribution in [-0.4, -0.2) is 5.91 Å². The van der Waals surface area contributed by atoms with Crippen molar-refractivity contribution in [1.29, 1.82) is 0 Å². The van der Waals surface area contributed by atoms with Gasteiger partial charge in [-0.1, -0.05) is 55.8 Å². The van der Waals surface area contributed by atoms with Crippen LogP contribution in [-0.2, 0) is 6.42 Å². The van der Waals surface area contributed by atoms with Crippen molar-refractivity contribution in [3.63, 3.8) is 0 Å². The summed E-state index contributed by atoms with van der Waals surface area (Å²) in [5.74, 6) is 0.628. The molecule has 0 fully saturated rings. The van der Waals surface area contributed by atoms with Crippen LogP contribution in [0.3, 0.4) is 0 Å². The molecule has 22 heavy (non-hydrogen) atoms. The van der Waals surface area contributed by atoms with Gasteiger partial charge in [0.25, 0.3) is 5.91 Å². The zero-order valence-corrected chi connectivity index (χ0v) is 13.9. The molecule has 2 nitrogen and oxygen atoms in total. The Balaban J connectivity index is 2.00. The van der Waals surface area contributed by atoms with E-state index in [1.165, 1.54) is 5.56 Å². The third kappa shape index (κ3) is 4.45. The SMILES string of the molecule is Cc1ccc(C(=O)N[C@H](C)c2ccc(CC(C)C)cc2)cc1. The normalized spacial score (nSPS) is 12.2. The standard InChI is InChI=1S/C20H25NO/c1-14(2)13-17-7-11-18(12-8-17)16(4)21-20(22)19-9-5-15(3)6-10-19/h5-12,14,16H,13H2,1-4H3,(H,21,22)/t16-/m1/s1. The van der Waals surface area contributed by atoms with Crippen molar-refractivity contribution in [3.8, 4) is 0 Å². The molecule has 0 bridgehead atoms. The number of rotatable bonds is 5. The summed E-state index contributed by atoms with van der Waals surface area (Å²) >= 11 is 0. The van der Waals surface area contributed by atoms with Crippen molar-refractivity contribution in [3.05, 3.63) is 70.8 Å². The molecule has 0 unspecified atom stereocenters. The third-order valence-corrected chi connectivity index (χ3v) is 3.79. The van der Waals surface area contributed by atoms with Crippen molar-refractivity contribution < 1.29 is 4.79 Å². The Morgan fingerprint density at radius 2 is 1.55 bits per heavy atom. The van der Waals surface area contributed by atoms with Crippen LogP contribution in [0.2, 0.25) is 0 Å². The molecule has 1 N–H and O–H groups in total. The minimum Gasteiger partial charge on any atom is -0.346 e. The van der Waals surface area contributed by atoms with E-state index in [9.17, 15) is 4.79 Å². The number of aryl methyl sites for hydroxylation is 1. The number of carbonyl (C=O) groups excluding carboxylic acids is 1. The summed E-state index contributed by atoms with van der Waals surface area (Å²) in [6.07, 6.45) is 1.09. The molecule has 1 amide bonds. The van der Waals surface area contributed by atoms with Crippen LogP contribution in [0, 0.1) is 12.8 Å². The number of hydrogen-bond donors (Lipinski definition) is 1. The Labute approximate surface area is 133 Å². The maximum Gasteiger partial charge on any atom is 0.251 e. The first kappa shape index (κ1) is 16.3. The fraction of sp³-hybridized carbons (Fsp3) is 0.350. The average Bonchev–Trinajstić information content (AvgIpc) is 2.48. The third-order valence-electron chi connectivity index (χ3n) is 3.79. The number of hydrogen-bond acceptors (Lipinski definition) is 1. The molecule has 1 atom stereocenters. The highest BCUT2D eigenvalue weighted by molar-refractivity contribution is 5.94. The van der Waals surface area contributed by atoms with Gasteiger partial charge in [-0.2, -0.15) is 0 Å². The lowest BCUT2D eigenvalue weighted by molar-refractivity contribution is 0.0940. The fourth-order valence-electron chi connectivity index (χ4n) is 2.48. The summed E-state index contributed by atoms with van der Waals surface area (Å²) in [4.78, 5) is 12.2. The molecule has 0 aliphatic heterocycles. The van der Waals surface area contributed by atoms with Gasteiger partial charge in [-0.25, -0.2) is 0 Å². The molecule has 2 aromatic carbocycles. The molecule has 2 aromatic rings. The lowest BCUT2D eigenvalue weighted by Gasteiger charge is -2.15. The number of carbonyl (C=O) groups is 1. The van der Waals surface area contributed by atoms with Gasteiger partial charge in [0.05, 0.1) is 6.04 Å². The van der Waals surface area contributed by atoms with Crippen LogP contribution < -0.4 is 5.32 Å². The topological polar surface area (TPSA) is 29.1 Å². The molecule has 0 spiro atoms. The quantitative estimate of drug-likeness (QED) is 0.852. The van der Waals surface area contributed by atoms with Crippen molar-refractivity contribution in [2.24, 2.45) is 5.92 Å². The van der Waals surface area contributed by atoms with E-state index >= 15 is 0 Å². The molecule has 0 heterocycles. The van der Waals surface area contributed by atoms with Crippen molar-refractivity contribution in [1.82, 2.24) is 5.32 Å². The van der Waals surface area contributed by atoms with Crippen molar-refractivity contribution in [2.45, 2.75) is 40.2 Å². The van der Waals surface area contributed by atoms with Gasteiger partial charge < -0.3 is 5.32 Å². The number of benzene rings is 2. The highest BCUT2D eigenvalue weighted by Crippen LogP contribution is 2.16. The van der Waals surface area contributed by atoms with E-state index in [0.29, 0.717) is 11.5 Å². The average molecular weight is 295 g/mol. The Hall–Kier alpha value is -2.09. The summed E-state index contributed by atoms with van der Waals surface area (Å²) < 4.78 is 0. The van der Waals surface area contributed by atoms with Crippen LogP contribution in [0.15, 0.2) is 48.5 Å². The molecule has 116 valence electrons. The van der Waals surface area contributed by atoms with Crippen molar-refractivity contribution >= 4 is 5.91 Å². The first-order chi connectivity index (χ1) is 10.5. The van der Waals surface area contributed by atoms with Gasteiger partial charge in [-0.15, -0.1) is 0 Å². The smallest absolute Gasteiger partial charge is 0.251 e. The number of amides is 1. The van der Waals surface area contributed by atoms with Gasteiger partial charge in [0.1, 0.15) is 0 Å². The summed E-state index contributed by atoms with van der Waals surface area (Å²) in [5, 5.41) is 3.05. The zero-order chi connectivity index (χ0) is 16.1. The molecule has 2 heteroatoms. The van der Waals surface area contributed by atoms with Crippen molar-refractivity contribution in [2.75, 3.05) is 0 Å². The van der Waals surface area contributed by atoms with Crippen LogP contribution in [0.5, 0.6) is 0 Å². The van der Waals surface area contributed by atoms with E-state index < -0.39 is 0 Å². The second-order valence-electron chi connectivity index (χ2n) is 6.40. The predicted octanol–water partition coefficient (Wildman–Crippen LogP) is 4.68. The maximum absolute atomic E-state index is 12.2. The Morgan fingerprint density at radius 3 is 2.09 bits per heavy atom. The first-order valence-corrected chi connectivity index (χ1v) is 7.92. The molecule has 0 aliphatic carbocycles. The molecule has 0 saturated carbocycles. The van der Waals surface area contributed by atoms with E-state index in [-0.39, 0.29) is 11.9 Å². The van der Waals surface area contributed by atoms with E-state index in [1.807, 2.05) is 38.1 Å². The highest BCUT2D eigenvalue weighted by Gasteiger charge is 2.11. The minimum absolute atomic E-state index is 0.00176. The van der Waals surface area contributed by atoms with Gasteiger partial charge in [0.2, 0.25) is 0 Å². The second-order valence-corrected chi connectivity index (χ2v) is 6.40. The van der Waals surface area contributed by atoms with E-state index in [4.69, 9.17) is 0 Å². The Morgan fingerprint density at radius 1 is 0.955 bits per heavy atom. The van der Waals surface area contributed by atoms with Gasteiger partial charge in [-0.05, 0) is 49.4 Å². The molecule has 0 aliphatic rings. The molecule has 2 rings (SSSR count). The van der Waals surface area contributed by atoms with Crippen LogP contribution in [0.4, 0.5) is 0 Å². The monoisotopic (exact) mass is 295 g/mol. The summed E-state index contributed by atoms with van der Waals surface area (Å²) in [7, 11) is 0. The summed E-state index contributed by atoms with van der Waals surface area (Å²) in [6.45, 7) is 8.48. The van der Waals surface area contributed by atoms with E-state index in [2.05, 4.69) is 43.4 Å². The molecular formula is C20H25NO. The van der Waals surface area contributed by atoms with E-state index in [1.54, 1.807) is 0 Å². The minimum atomic E-state index is -0.0289. The van der Waals surface area contributed by atoms with Crippen LogP contribution in [0.1, 0.15) is 53.9 Å². The Bertz CT molecular complexity index is 611. The van der Waals surface area contributed by atoms with Gasteiger partial charge in [0, 0.05) is 5.56 Å². The van der Waals surface area contributed by atoms with Crippen LogP contribution >= 0.6 is 0 Å². The fourth-order valence-corrected chi connectivity index (χ4v) is 2.48. The molecule has 0 saturated heterocycles. The maximum atomic E-state index is 12.2. The molecule has 0 radical (unpaired) electrons. The zero-order valence-electron chi connectivity index (χ0n) is 13.9. The predicted molar refractivity (Wildman–Crippen MR) is 92.0 cm³/mol. The van der Waals surface area contributed by atoms with Crippen LogP contribution in [0.25, 0.3) is 0 Å². The summed E-state index contributed by atoms with van der Waals surface area (Å²) in [6, 6.07) is 16.2. The van der Waals surface area contributed by atoms with Gasteiger partial charge in [-0.3, -0.25) is 4.79 Å². The lowest BCUT2D eigenvalue weighted by Crippen LogP contribution is -2.26. The Kier molecular flexibility index (Phi) is 5.37. The molecular weight excluding hydrogens is 270 g/mol. The largest absolute Gasteiger partial charge is 0.346 e. The highest BCUT2D eigenvalue weighted by atomic mass is 16.1. The second kappa shape index (κ2) is 7.26. The summed E-state index contributed by atoms with van der Waals surface area (Å²) in [5.41, 5.74) is 4.34. The van der Waals surface area contributed by atoms with Gasteiger partial charge >= 0.3 is 0 Å². The van der Waals surface area contributed by atoms with Gasteiger partial charge in [0.15, 0.2) is 0 Å². The van der Waals surface area contributed by atoms with E-state index in [0.717, 1.165) is 17.5 Å².